The SMILES string of the molecule is CC(C(=O)N1CCN(C2CCN(c3ccccc3)C2=O)CC1)C1CNC1. The van der Waals surface area contributed by atoms with E-state index in [1.54, 1.807) is 0 Å². The lowest BCUT2D eigenvalue weighted by atomic mass is 9.88. The summed E-state index contributed by atoms with van der Waals surface area (Å²) in [5, 5.41) is 3.25. The van der Waals surface area contributed by atoms with Crippen LogP contribution in [-0.2, 0) is 9.59 Å². The molecule has 26 heavy (non-hydrogen) atoms. The molecule has 0 saturated carbocycles. The molecule has 1 N–H and O–H groups in total. The molecule has 0 aliphatic carbocycles. The Morgan fingerprint density at radius 3 is 2.38 bits per heavy atom. The van der Waals surface area contributed by atoms with Crippen molar-refractivity contribution >= 4 is 17.5 Å². The van der Waals surface area contributed by atoms with E-state index < -0.39 is 0 Å². The molecule has 3 aliphatic heterocycles. The number of benzene rings is 1. The lowest BCUT2D eigenvalue weighted by Gasteiger charge is -2.40. The molecule has 1 aromatic rings. The van der Waals surface area contributed by atoms with E-state index in [4.69, 9.17) is 0 Å². The van der Waals surface area contributed by atoms with Gasteiger partial charge in [-0.05, 0) is 37.6 Å². The van der Waals surface area contributed by atoms with Crippen LogP contribution in [0, 0.1) is 11.8 Å². The van der Waals surface area contributed by atoms with Crippen LogP contribution < -0.4 is 10.2 Å². The Labute approximate surface area is 155 Å². The van der Waals surface area contributed by atoms with E-state index >= 15 is 0 Å². The summed E-state index contributed by atoms with van der Waals surface area (Å²) in [6.45, 7) is 7.80. The van der Waals surface area contributed by atoms with Gasteiger partial charge in [-0.2, -0.15) is 0 Å². The normalized spacial score (nSPS) is 26.0. The lowest BCUT2D eigenvalue weighted by molar-refractivity contribution is -0.139. The number of piperazine rings is 1. The van der Waals surface area contributed by atoms with E-state index in [1.807, 2.05) is 40.1 Å². The topological polar surface area (TPSA) is 55.9 Å². The van der Waals surface area contributed by atoms with Crippen molar-refractivity contribution in [2.75, 3.05) is 50.7 Å². The van der Waals surface area contributed by atoms with Crippen molar-refractivity contribution < 1.29 is 9.59 Å². The lowest BCUT2D eigenvalue weighted by Crippen LogP contribution is -2.56. The molecule has 0 radical (unpaired) electrons. The first-order valence-corrected chi connectivity index (χ1v) is 9.75. The second-order valence-corrected chi connectivity index (χ2v) is 7.70. The van der Waals surface area contributed by atoms with Gasteiger partial charge in [0.1, 0.15) is 0 Å². The average molecular weight is 356 g/mol. The quantitative estimate of drug-likeness (QED) is 0.867. The van der Waals surface area contributed by atoms with E-state index in [1.165, 1.54) is 0 Å². The highest BCUT2D eigenvalue weighted by Crippen LogP contribution is 2.25. The fraction of sp³-hybridized carbons (Fsp3) is 0.600. The van der Waals surface area contributed by atoms with E-state index in [0.717, 1.165) is 57.9 Å². The fourth-order valence-electron chi connectivity index (χ4n) is 4.28. The summed E-state index contributed by atoms with van der Waals surface area (Å²) in [7, 11) is 0. The summed E-state index contributed by atoms with van der Waals surface area (Å²) in [6.07, 6.45) is 0.867. The first-order chi connectivity index (χ1) is 12.6. The Morgan fingerprint density at radius 2 is 1.77 bits per heavy atom. The molecule has 1 aromatic carbocycles. The van der Waals surface area contributed by atoms with Crippen LogP contribution in [0.2, 0.25) is 0 Å². The number of rotatable bonds is 4. The van der Waals surface area contributed by atoms with Crippen molar-refractivity contribution in [1.82, 2.24) is 15.1 Å². The van der Waals surface area contributed by atoms with Gasteiger partial charge in [-0.25, -0.2) is 0 Å². The van der Waals surface area contributed by atoms with Gasteiger partial charge in [0.15, 0.2) is 0 Å². The van der Waals surface area contributed by atoms with Gasteiger partial charge in [0.2, 0.25) is 11.8 Å². The predicted molar refractivity (Wildman–Crippen MR) is 101 cm³/mol. The van der Waals surface area contributed by atoms with Crippen LogP contribution in [0.5, 0.6) is 0 Å². The maximum atomic E-state index is 12.9. The first kappa shape index (κ1) is 17.5. The molecular weight excluding hydrogens is 328 g/mol. The van der Waals surface area contributed by atoms with Crippen molar-refractivity contribution in [3.8, 4) is 0 Å². The summed E-state index contributed by atoms with van der Waals surface area (Å²) < 4.78 is 0. The Morgan fingerprint density at radius 1 is 1.08 bits per heavy atom. The van der Waals surface area contributed by atoms with E-state index in [2.05, 4.69) is 17.1 Å². The molecule has 4 rings (SSSR count). The van der Waals surface area contributed by atoms with Crippen LogP contribution in [-0.4, -0.2) is 73.5 Å². The number of amides is 2. The van der Waals surface area contributed by atoms with Gasteiger partial charge in [0, 0.05) is 44.3 Å². The molecule has 6 heteroatoms. The zero-order valence-corrected chi connectivity index (χ0v) is 15.4. The number of hydrogen-bond acceptors (Lipinski definition) is 4. The van der Waals surface area contributed by atoms with Crippen LogP contribution in [0.25, 0.3) is 0 Å². The monoisotopic (exact) mass is 356 g/mol. The molecule has 0 spiro atoms. The summed E-state index contributed by atoms with van der Waals surface area (Å²) in [5.41, 5.74) is 0.983. The Kier molecular flexibility index (Phi) is 4.96. The van der Waals surface area contributed by atoms with Gasteiger partial charge in [-0.1, -0.05) is 25.1 Å². The molecule has 2 unspecified atom stereocenters. The Bertz CT molecular complexity index is 653. The second kappa shape index (κ2) is 7.37. The van der Waals surface area contributed by atoms with Crippen LogP contribution in [0.4, 0.5) is 5.69 Å². The maximum Gasteiger partial charge on any atom is 0.244 e. The number of carbonyl (C=O) groups is 2. The van der Waals surface area contributed by atoms with Gasteiger partial charge in [0.05, 0.1) is 6.04 Å². The minimum atomic E-state index is -0.0410. The highest BCUT2D eigenvalue weighted by atomic mass is 16.2. The molecule has 3 fully saturated rings. The number of nitrogens with one attached hydrogen (secondary N) is 1. The van der Waals surface area contributed by atoms with Gasteiger partial charge in [-0.3, -0.25) is 14.5 Å². The summed E-state index contributed by atoms with van der Waals surface area (Å²) in [4.78, 5) is 31.7. The minimum absolute atomic E-state index is 0.0410. The van der Waals surface area contributed by atoms with Crippen molar-refractivity contribution in [2.24, 2.45) is 11.8 Å². The largest absolute Gasteiger partial charge is 0.340 e. The molecule has 6 nitrogen and oxygen atoms in total. The van der Waals surface area contributed by atoms with Gasteiger partial charge in [0.25, 0.3) is 0 Å². The maximum absolute atomic E-state index is 12.9. The minimum Gasteiger partial charge on any atom is -0.340 e. The van der Waals surface area contributed by atoms with E-state index in [0.29, 0.717) is 5.92 Å². The molecule has 2 atom stereocenters. The zero-order chi connectivity index (χ0) is 18.1. The zero-order valence-electron chi connectivity index (χ0n) is 15.4. The highest BCUT2D eigenvalue weighted by Gasteiger charge is 2.39. The summed E-state index contributed by atoms with van der Waals surface area (Å²) in [6, 6.07) is 9.86. The van der Waals surface area contributed by atoms with Crippen LogP contribution in [0.3, 0.4) is 0 Å². The molecule has 0 aromatic heterocycles. The van der Waals surface area contributed by atoms with Crippen molar-refractivity contribution in [2.45, 2.75) is 19.4 Å². The number of carbonyl (C=O) groups excluding carboxylic acids is 2. The fourth-order valence-corrected chi connectivity index (χ4v) is 4.28. The molecule has 3 saturated heterocycles. The van der Waals surface area contributed by atoms with E-state index in [9.17, 15) is 9.59 Å². The Balaban J connectivity index is 1.32. The van der Waals surface area contributed by atoms with Crippen molar-refractivity contribution in [1.29, 1.82) is 0 Å². The molecule has 0 bridgehead atoms. The third-order valence-corrected chi connectivity index (χ3v) is 6.22. The molecule has 3 heterocycles. The van der Waals surface area contributed by atoms with Crippen LogP contribution in [0.1, 0.15) is 13.3 Å². The average Bonchev–Trinajstić information content (AvgIpc) is 3.02. The first-order valence-electron chi connectivity index (χ1n) is 9.75. The van der Waals surface area contributed by atoms with Crippen molar-refractivity contribution in [3.63, 3.8) is 0 Å². The highest BCUT2D eigenvalue weighted by molar-refractivity contribution is 5.99. The van der Waals surface area contributed by atoms with Crippen LogP contribution >= 0.6 is 0 Å². The standard InChI is InChI=1S/C20H28N4O2/c1-15(16-13-21-14-16)19(25)23-11-9-22(10-12-23)18-7-8-24(20(18)26)17-5-3-2-4-6-17/h2-6,15-16,18,21H,7-14H2,1H3. The number of anilines is 1. The molecular formula is C20H28N4O2. The van der Waals surface area contributed by atoms with Gasteiger partial charge >= 0.3 is 0 Å². The third kappa shape index (κ3) is 3.23. The summed E-state index contributed by atoms with van der Waals surface area (Å²) in [5.74, 6) is 1.06. The number of nitrogens with zero attached hydrogens (tertiary/aromatic N) is 3. The van der Waals surface area contributed by atoms with Crippen molar-refractivity contribution in [3.05, 3.63) is 30.3 Å². The van der Waals surface area contributed by atoms with E-state index in [-0.39, 0.29) is 23.8 Å². The number of para-hydroxylation sites is 1. The Hall–Kier alpha value is -1.92. The predicted octanol–water partition coefficient (Wildman–Crippen LogP) is 0.792. The smallest absolute Gasteiger partial charge is 0.244 e. The van der Waals surface area contributed by atoms with Gasteiger partial charge in [-0.15, -0.1) is 0 Å². The molecule has 2 amide bonds. The van der Waals surface area contributed by atoms with Gasteiger partial charge < -0.3 is 15.1 Å². The van der Waals surface area contributed by atoms with Crippen LogP contribution in [0.15, 0.2) is 30.3 Å². The second-order valence-electron chi connectivity index (χ2n) is 7.70. The summed E-state index contributed by atoms with van der Waals surface area (Å²) >= 11 is 0. The third-order valence-electron chi connectivity index (χ3n) is 6.22. The number of hydrogen-bond donors (Lipinski definition) is 1. The molecule has 140 valence electrons. The molecule has 3 aliphatic rings.